The Morgan fingerprint density at radius 2 is 1.94 bits per heavy atom. The molecule has 0 saturated heterocycles. The van der Waals surface area contributed by atoms with Crippen LogP contribution in [0.5, 0.6) is 0 Å². The Balaban J connectivity index is 0. The Kier molecular flexibility index (Phi) is 11.1. The Morgan fingerprint density at radius 1 is 1.38 bits per heavy atom. The summed E-state index contributed by atoms with van der Waals surface area (Å²) in [6.45, 7) is 6.18. The van der Waals surface area contributed by atoms with E-state index in [1.54, 1.807) is 0 Å². The van der Waals surface area contributed by atoms with Gasteiger partial charge in [0.15, 0.2) is 0 Å². The molecule has 98 valence electrons. The molecular weight excluding hydrogens is 228 g/mol. The van der Waals surface area contributed by atoms with Gasteiger partial charge in [-0.25, -0.2) is 0 Å². The van der Waals surface area contributed by atoms with Crippen molar-refractivity contribution in [1.29, 1.82) is 0 Å². The second kappa shape index (κ2) is 9.87. The van der Waals surface area contributed by atoms with Crippen LogP contribution in [0.3, 0.4) is 0 Å². The third-order valence-corrected chi connectivity index (χ3v) is 2.25. The van der Waals surface area contributed by atoms with Crippen LogP contribution in [-0.4, -0.2) is 29.7 Å². The Labute approximate surface area is 104 Å². The lowest BCUT2D eigenvalue weighted by atomic mass is 10.0. The molecule has 0 aromatic rings. The lowest BCUT2D eigenvalue weighted by molar-refractivity contribution is -0.123. The molecule has 0 aliphatic heterocycles. The molecule has 0 rings (SSSR count). The van der Waals surface area contributed by atoms with Gasteiger partial charge >= 0.3 is 0 Å². The number of carbonyl (C=O) groups excluding carboxylic acids is 1. The van der Waals surface area contributed by atoms with Crippen LogP contribution in [0.4, 0.5) is 0 Å². The Morgan fingerprint density at radius 3 is 2.38 bits per heavy atom. The molecule has 5 heteroatoms. The van der Waals surface area contributed by atoms with Crippen molar-refractivity contribution in [1.82, 2.24) is 5.32 Å². The highest BCUT2D eigenvalue weighted by Crippen LogP contribution is 2.03. The molecule has 0 saturated carbocycles. The van der Waals surface area contributed by atoms with Crippen molar-refractivity contribution >= 4 is 18.3 Å². The van der Waals surface area contributed by atoms with Crippen LogP contribution in [0.1, 0.15) is 40.0 Å². The minimum Gasteiger partial charge on any atom is -0.396 e. The second-order valence-electron chi connectivity index (χ2n) is 4.51. The third-order valence-electron chi connectivity index (χ3n) is 2.25. The molecular formula is C11H25ClN2O2. The molecule has 0 heterocycles. The van der Waals surface area contributed by atoms with E-state index in [-0.39, 0.29) is 31.0 Å². The van der Waals surface area contributed by atoms with E-state index in [4.69, 9.17) is 10.8 Å². The van der Waals surface area contributed by atoms with E-state index in [9.17, 15) is 4.79 Å². The number of hydrogen-bond acceptors (Lipinski definition) is 3. The van der Waals surface area contributed by atoms with Gasteiger partial charge in [0.25, 0.3) is 0 Å². The summed E-state index contributed by atoms with van der Waals surface area (Å²) in [6, 6.07) is -0.329. The van der Waals surface area contributed by atoms with E-state index in [0.29, 0.717) is 18.8 Å². The largest absolute Gasteiger partial charge is 0.396 e. The molecule has 4 N–H and O–H groups in total. The first kappa shape index (κ1) is 18.1. The summed E-state index contributed by atoms with van der Waals surface area (Å²) >= 11 is 0. The number of aliphatic hydroxyl groups excluding tert-OH is 1. The molecule has 4 nitrogen and oxygen atoms in total. The fraction of sp³-hybridized carbons (Fsp3) is 0.909. The molecule has 0 aliphatic carbocycles. The van der Waals surface area contributed by atoms with Gasteiger partial charge in [0.1, 0.15) is 0 Å². The van der Waals surface area contributed by atoms with Gasteiger partial charge in [0.2, 0.25) is 5.91 Å². The average molecular weight is 253 g/mol. The summed E-state index contributed by atoms with van der Waals surface area (Å²) in [5.74, 6) is 0.340. The van der Waals surface area contributed by atoms with E-state index < -0.39 is 6.04 Å². The number of halogens is 1. The summed E-state index contributed by atoms with van der Waals surface area (Å²) in [6.07, 6.45) is 2.20. The van der Waals surface area contributed by atoms with E-state index in [1.165, 1.54) is 0 Å². The van der Waals surface area contributed by atoms with Crippen molar-refractivity contribution in [3.05, 3.63) is 0 Å². The number of aliphatic hydroxyl groups is 1. The minimum absolute atomic E-state index is 0. The van der Waals surface area contributed by atoms with Gasteiger partial charge < -0.3 is 16.2 Å². The molecule has 0 aromatic carbocycles. The smallest absolute Gasteiger partial charge is 0.237 e. The van der Waals surface area contributed by atoms with Crippen LogP contribution in [0, 0.1) is 5.92 Å². The maximum absolute atomic E-state index is 11.6. The standard InChI is InChI=1S/C11H24N2O2.ClH/c1-8(2)7-10(12)11(15)13-9(3)5-4-6-14;/h8-10,14H,4-7,12H2,1-3H3,(H,13,15);1H/t9?,10-;/m0./s1. The zero-order valence-electron chi connectivity index (χ0n) is 10.4. The van der Waals surface area contributed by atoms with Crippen LogP contribution in [0.25, 0.3) is 0 Å². The van der Waals surface area contributed by atoms with Crippen LogP contribution >= 0.6 is 12.4 Å². The first-order valence-corrected chi connectivity index (χ1v) is 5.64. The summed E-state index contributed by atoms with van der Waals surface area (Å²) < 4.78 is 0. The van der Waals surface area contributed by atoms with Crippen LogP contribution in [-0.2, 0) is 4.79 Å². The van der Waals surface area contributed by atoms with Gasteiger partial charge in [-0.15, -0.1) is 12.4 Å². The highest BCUT2D eigenvalue weighted by molar-refractivity contribution is 5.85. The molecule has 1 unspecified atom stereocenters. The monoisotopic (exact) mass is 252 g/mol. The Hall–Kier alpha value is -0.320. The normalized spacial score (nSPS) is 14.1. The second-order valence-corrected chi connectivity index (χ2v) is 4.51. The summed E-state index contributed by atoms with van der Waals surface area (Å²) in [4.78, 5) is 11.6. The van der Waals surface area contributed by atoms with Gasteiger partial charge in [0.05, 0.1) is 6.04 Å². The maximum atomic E-state index is 11.6. The van der Waals surface area contributed by atoms with Crippen molar-refractivity contribution < 1.29 is 9.90 Å². The predicted octanol–water partition coefficient (Wildman–Crippen LogP) is 1.06. The summed E-state index contributed by atoms with van der Waals surface area (Å²) in [5, 5.41) is 11.5. The van der Waals surface area contributed by atoms with Crippen molar-refractivity contribution in [2.24, 2.45) is 11.7 Å². The van der Waals surface area contributed by atoms with Crippen molar-refractivity contribution in [2.75, 3.05) is 6.61 Å². The van der Waals surface area contributed by atoms with Crippen LogP contribution in [0.2, 0.25) is 0 Å². The zero-order chi connectivity index (χ0) is 11.8. The number of rotatable bonds is 7. The summed E-state index contributed by atoms with van der Waals surface area (Å²) in [7, 11) is 0. The SMILES string of the molecule is CC(C)C[C@H](N)C(=O)NC(C)CCCO.Cl. The van der Waals surface area contributed by atoms with Crippen LogP contribution in [0.15, 0.2) is 0 Å². The van der Waals surface area contributed by atoms with E-state index >= 15 is 0 Å². The molecule has 1 amide bonds. The molecule has 0 fully saturated rings. The number of nitrogens with two attached hydrogens (primary N) is 1. The number of amides is 1. The lowest BCUT2D eigenvalue weighted by Gasteiger charge is -2.18. The minimum atomic E-state index is -0.415. The fourth-order valence-corrected chi connectivity index (χ4v) is 1.43. The van der Waals surface area contributed by atoms with Gasteiger partial charge in [-0.2, -0.15) is 0 Å². The topological polar surface area (TPSA) is 75.4 Å². The lowest BCUT2D eigenvalue weighted by Crippen LogP contribution is -2.45. The molecule has 0 bridgehead atoms. The van der Waals surface area contributed by atoms with Crippen molar-refractivity contribution in [3.63, 3.8) is 0 Å². The average Bonchev–Trinajstić information content (AvgIpc) is 2.13. The molecule has 0 aliphatic rings. The maximum Gasteiger partial charge on any atom is 0.237 e. The van der Waals surface area contributed by atoms with E-state index in [1.807, 2.05) is 20.8 Å². The summed E-state index contributed by atoms with van der Waals surface area (Å²) in [5.41, 5.74) is 5.73. The van der Waals surface area contributed by atoms with Gasteiger partial charge in [-0.1, -0.05) is 13.8 Å². The number of carbonyl (C=O) groups is 1. The first-order chi connectivity index (χ1) is 6.97. The van der Waals surface area contributed by atoms with E-state index in [0.717, 1.165) is 6.42 Å². The van der Waals surface area contributed by atoms with E-state index in [2.05, 4.69) is 5.32 Å². The Bertz CT molecular complexity index is 189. The fourth-order valence-electron chi connectivity index (χ4n) is 1.43. The van der Waals surface area contributed by atoms with Gasteiger partial charge in [0, 0.05) is 12.6 Å². The highest BCUT2D eigenvalue weighted by atomic mass is 35.5. The quantitative estimate of drug-likeness (QED) is 0.634. The number of nitrogens with one attached hydrogen (secondary N) is 1. The van der Waals surface area contributed by atoms with Crippen LogP contribution < -0.4 is 11.1 Å². The predicted molar refractivity (Wildman–Crippen MR) is 68.6 cm³/mol. The zero-order valence-corrected chi connectivity index (χ0v) is 11.2. The van der Waals surface area contributed by atoms with Crippen molar-refractivity contribution in [3.8, 4) is 0 Å². The third kappa shape index (κ3) is 8.95. The molecule has 0 spiro atoms. The molecule has 2 atom stereocenters. The van der Waals surface area contributed by atoms with Crippen molar-refractivity contribution in [2.45, 2.75) is 52.1 Å². The van der Waals surface area contributed by atoms with Gasteiger partial charge in [-0.3, -0.25) is 4.79 Å². The van der Waals surface area contributed by atoms with Gasteiger partial charge in [-0.05, 0) is 32.1 Å². The first-order valence-electron chi connectivity index (χ1n) is 5.64. The molecule has 0 aromatic heterocycles. The number of hydrogen-bond donors (Lipinski definition) is 3. The molecule has 16 heavy (non-hydrogen) atoms. The molecule has 0 radical (unpaired) electrons. The highest BCUT2D eigenvalue weighted by Gasteiger charge is 2.16.